The van der Waals surface area contributed by atoms with Crippen LogP contribution in [-0.2, 0) is 14.6 Å². The second-order valence-corrected chi connectivity index (χ2v) is 8.51. The molecule has 0 amide bonds. The summed E-state index contributed by atoms with van der Waals surface area (Å²) >= 11 is 1.49. The molecule has 2 aliphatic rings. The fourth-order valence-electron chi connectivity index (χ4n) is 2.54. The Labute approximate surface area is 122 Å². The van der Waals surface area contributed by atoms with E-state index in [1.165, 1.54) is 18.2 Å². The summed E-state index contributed by atoms with van der Waals surface area (Å²) in [5.41, 5.74) is 0. The van der Waals surface area contributed by atoms with Crippen LogP contribution in [-0.4, -0.2) is 48.6 Å². The first-order valence-electron chi connectivity index (χ1n) is 6.90. The van der Waals surface area contributed by atoms with E-state index in [9.17, 15) is 8.42 Å². The second kappa shape index (κ2) is 6.03. The zero-order valence-electron chi connectivity index (χ0n) is 11.2. The molecule has 0 unspecified atom stereocenters. The third-order valence-corrected chi connectivity index (χ3v) is 6.39. The molecule has 0 radical (unpaired) electrons. The van der Waals surface area contributed by atoms with E-state index in [1.807, 2.05) is 0 Å². The molecular weight excluding hydrogens is 300 g/mol. The highest BCUT2D eigenvalue weighted by molar-refractivity contribution is 7.99. The van der Waals surface area contributed by atoms with Crippen LogP contribution < -0.4 is 0 Å². The first-order chi connectivity index (χ1) is 9.62. The van der Waals surface area contributed by atoms with E-state index in [2.05, 4.69) is 10.2 Å². The molecule has 2 atom stereocenters. The van der Waals surface area contributed by atoms with Gasteiger partial charge in [0.1, 0.15) is 0 Å². The average molecular weight is 318 g/mol. The molecule has 0 spiro atoms. The van der Waals surface area contributed by atoms with Crippen molar-refractivity contribution in [3.05, 3.63) is 5.89 Å². The van der Waals surface area contributed by atoms with Crippen molar-refractivity contribution in [2.45, 2.75) is 42.9 Å². The average Bonchev–Trinajstić information content (AvgIpc) is 3.04. The molecule has 6 nitrogen and oxygen atoms in total. The molecule has 0 aromatic carbocycles. The topological polar surface area (TPSA) is 82.3 Å². The van der Waals surface area contributed by atoms with Crippen LogP contribution in [0.4, 0.5) is 0 Å². The maximum Gasteiger partial charge on any atom is 0.276 e. The van der Waals surface area contributed by atoms with Crippen LogP contribution >= 0.6 is 11.8 Å². The Morgan fingerprint density at radius 1 is 1.25 bits per heavy atom. The number of hydrogen-bond donors (Lipinski definition) is 0. The van der Waals surface area contributed by atoms with Gasteiger partial charge in [-0.2, -0.15) is 0 Å². The normalized spacial score (nSPS) is 29.6. The lowest BCUT2D eigenvalue weighted by Gasteiger charge is -2.21. The van der Waals surface area contributed by atoms with E-state index in [-0.39, 0.29) is 23.5 Å². The van der Waals surface area contributed by atoms with Crippen LogP contribution in [0.2, 0.25) is 0 Å². The standard InChI is InChI=1S/C12H18N2O4S2/c15-20(16)6-4-9(8-20)11-13-14-12(18-11)19-7-10-3-1-2-5-17-10/h9-10H,1-8H2/t9-,10-/m0/s1. The molecular formula is C12H18N2O4S2. The second-order valence-electron chi connectivity index (χ2n) is 5.31. The van der Waals surface area contributed by atoms with Crippen molar-refractivity contribution in [1.29, 1.82) is 0 Å². The highest BCUT2D eigenvalue weighted by atomic mass is 32.2. The van der Waals surface area contributed by atoms with Gasteiger partial charge in [0.25, 0.3) is 5.22 Å². The Bertz CT molecular complexity index is 552. The Balaban J connectivity index is 1.54. The molecule has 1 aromatic heterocycles. The predicted molar refractivity (Wildman–Crippen MR) is 74.6 cm³/mol. The molecule has 3 heterocycles. The molecule has 3 rings (SSSR count). The smallest absolute Gasteiger partial charge is 0.276 e. The SMILES string of the molecule is O=S1(=O)CC[C@H](c2nnc(SC[C@@H]3CCCCO3)o2)C1. The number of ether oxygens (including phenoxy) is 1. The van der Waals surface area contributed by atoms with Crippen molar-refractivity contribution in [2.75, 3.05) is 23.9 Å². The Kier molecular flexibility index (Phi) is 4.32. The summed E-state index contributed by atoms with van der Waals surface area (Å²) in [6, 6.07) is 0. The molecule has 112 valence electrons. The summed E-state index contributed by atoms with van der Waals surface area (Å²) in [7, 11) is -2.92. The van der Waals surface area contributed by atoms with E-state index in [0.717, 1.165) is 25.2 Å². The zero-order chi connectivity index (χ0) is 14.0. The maximum absolute atomic E-state index is 11.4. The fourth-order valence-corrected chi connectivity index (χ4v) is 5.10. The maximum atomic E-state index is 11.4. The third-order valence-electron chi connectivity index (χ3n) is 3.67. The molecule has 2 fully saturated rings. The van der Waals surface area contributed by atoms with Crippen LogP contribution in [0.3, 0.4) is 0 Å². The van der Waals surface area contributed by atoms with Crippen molar-refractivity contribution in [3.8, 4) is 0 Å². The van der Waals surface area contributed by atoms with Gasteiger partial charge in [-0.1, -0.05) is 11.8 Å². The van der Waals surface area contributed by atoms with Gasteiger partial charge in [0.2, 0.25) is 5.89 Å². The molecule has 1 aromatic rings. The number of rotatable bonds is 4. The lowest BCUT2D eigenvalue weighted by Crippen LogP contribution is -2.21. The quantitative estimate of drug-likeness (QED) is 0.780. The summed E-state index contributed by atoms with van der Waals surface area (Å²) in [6.07, 6.45) is 4.27. The van der Waals surface area contributed by atoms with Gasteiger partial charge in [0.15, 0.2) is 9.84 Å². The molecule has 2 aliphatic heterocycles. The first-order valence-corrected chi connectivity index (χ1v) is 9.71. The number of sulfone groups is 1. The Morgan fingerprint density at radius 2 is 2.15 bits per heavy atom. The van der Waals surface area contributed by atoms with E-state index in [4.69, 9.17) is 9.15 Å². The van der Waals surface area contributed by atoms with Crippen molar-refractivity contribution in [1.82, 2.24) is 10.2 Å². The summed E-state index contributed by atoms with van der Waals surface area (Å²) < 4.78 is 34.1. The largest absolute Gasteiger partial charge is 0.416 e. The van der Waals surface area contributed by atoms with Crippen LogP contribution in [0.15, 0.2) is 9.64 Å². The minimum atomic E-state index is -2.92. The van der Waals surface area contributed by atoms with Crippen molar-refractivity contribution in [2.24, 2.45) is 0 Å². The fraction of sp³-hybridized carbons (Fsp3) is 0.833. The lowest BCUT2D eigenvalue weighted by molar-refractivity contribution is 0.0314. The third kappa shape index (κ3) is 3.53. The number of hydrogen-bond acceptors (Lipinski definition) is 7. The summed E-state index contributed by atoms with van der Waals surface area (Å²) in [6.45, 7) is 0.834. The van der Waals surface area contributed by atoms with E-state index < -0.39 is 9.84 Å². The lowest BCUT2D eigenvalue weighted by atomic mass is 10.1. The van der Waals surface area contributed by atoms with Gasteiger partial charge < -0.3 is 9.15 Å². The van der Waals surface area contributed by atoms with Gasteiger partial charge in [-0.15, -0.1) is 10.2 Å². The number of thioether (sulfide) groups is 1. The number of aromatic nitrogens is 2. The van der Waals surface area contributed by atoms with E-state index in [1.54, 1.807) is 0 Å². The number of nitrogens with zero attached hydrogens (tertiary/aromatic N) is 2. The molecule has 2 saturated heterocycles. The van der Waals surface area contributed by atoms with E-state index in [0.29, 0.717) is 17.5 Å². The van der Waals surface area contributed by atoms with Crippen molar-refractivity contribution in [3.63, 3.8) is 0 Å². The van der Waals surface area contributed by atoms with Crippen LogP contribution in [0.25, 0.3) is 0 Å². The van der Waals surface area contributed by atoms with Gasteiger partial charge in [-0.3, -0.25) is 0 Å². The summed E-state index contributed by atoms with van der Waals surface area (Å²) in [4.78, 5) is 0. The van der Waals surface area contributed by atoms with Crippen LogP contribution in [0, 0.1) is 0 Å². The highest BCUT2D eigenvalue weighted by Gasteiger charge is 2.32. The minimum absolute atomic E-state index is 0.130. The van der Waals surface area contributed by atoms with Crippen molar-refractivity contribution >= 4 is 21.6 Å². The van der Waals surface area contributed by atoms with Gasteiger partial charge >= 0.3 is 0 Å². The first kappa shape index (κ1) is 14.3. The molecule has 0 N–H and O–H groups in total. The summed E-state index contributed by atoms with van der Waals surface area (Å²) in [5, 5.41) is 8.49. The Morgan fingerprint density at radius 3 is 2.85 bits per heavy atom. The molecule has 0 aliphatic carbocycles. The Hall–Kier alpha value is -0.600. The minimum Gasteiger partial charge on any atom is -0.416 e. The zero-order valence-corrected chi connectivity index (χ0v) is 12.8. The molecule has 0 bridgehead atoms. The van der Waals surface area contributed by atoms with Crippen LogP contribution in [0.5, 0.6) is 0 Å². The van der Waals surface area contributed by atoms with Gasteiger partial charge in [-0.05, 0) is 25.7 Å². The van der Waals surface area contributed by atoms with E-state index >= 15 is 0 Å². The summed E-state index contributed by atoms with van der Waals surface area (Å²) in [5.74, 6) is 1.49. The van der Waals surface area contributed by atoms with Crippen LogP contribution in [0.1, 0.15) is 37.5 Å². The van der Waals surface area contributed by atoms with Gasteiger partial charge in [0, 0.05) is 12.4 Å². The molecule has 8 heteroatoms. The van der Waals surface area contributed by atoms with Gasteiger partial charge in [0.05, 0.1) is 23.5 Å². The van der Waals surface area contributed by atoms with Crippen molar-refractivity contribution < 1.29 is 17.6 Å². The van der Waals surface area contributed by atoms with Gasteiger partial charge in [-0.25, -0.2) is 8.42 Å². The molecule has 20 heavy (non-hydrogen) atoms. The molecule has 0 saturated carbocycles. The monoisotopic (exact) mass is 318 g/mol. The highest BCUT2D eigenvalue weighted by Crippen LogP contribution is 2.30. The predicted octanol–water partition coefficient (Wildman–Crippen LogP) is 1.63.